The van der Waals surface area contributed by atoms with Gasteiger partial charge in [0.15, 0.2) is 5.79 Å². The molecule has 2 aliphatic heterocycles. The molecule has 0 unspecified atom stereocenters. The van der Waals surface area contributed by atoms with Crippen LogP contribution in [0.4, 0.5) is 10.5 Å². The van der Waals surface area contributed by atoms with Gasteiger partial charge < -0.3 is 28.5 Å². The normalized spacial score (nSPS) is 25.6. The number of esters is 1. The molecule has 2 heterocycles. The van der Waals surface area contributed by atoms with Gasteiger partial charge in [-0.15, -0.1) is 0 Å². The van der Waals surface area contributed by atoms with E-state index in [0.717, 1.165) is 0 Å². The van der Waals surface area contributed by atoms with Crippen molar-refractivity contribution in [2.75, 3.05) is 11.4 Å². The first kappa shape index (κ1) is 36.6. The second-order valence-corrected chi connectivity index (χ2v) is 19.7. The summed E-state index contributed by atoms with van der Waals surface area (Å²) in [5, 5.41) is 10.8. The van der Waals surface area contributed by atoms with E-state index >= 15 is 0 Å². The van der Waals surface area contributed by atoms with Crippen LogP contribution >= 0.6 is 0 Å². The van der Waals surface area contributed by atoms with E-state index in [1.165, 1.54) is 4.90 Å². The zero-order valence-electron chi connectivity index (χ0n) is 29.4. The van der Waals surface area contributed by atoms with E-state index in [-0.39, 0.29) is 22.9 Å². The van der Waals surface area contributed by atoms with Crippen LogP contribution in [-0.2, 0) is 18.9 Å². The number of hydrogen-bond acceptors (Lipinski definition) is 8. The molecule has 45 heavy (non-hydrogen) atoms. The number of aliphatic hydroxyl groups excluding tert-OH is 1. The van der Waals surface area contributed by atoms with Crippen LogP contribution in [0.2, 0.25) is 18.1 Å². The largest absolute Gasteiger partial charge is 0.543 e. The smallest absolute Gasteiger partial charge is 0.414 e. The number of cyclic esters (lactones) is 1. The highest BCUT2D eigenvalue weighted by molar-refractivity contribution is 6.74. The molecule has 1 aromatic carbocycles. The summed E-state index contributed by atoms with van der Waals surface area (Å²) in [5.41, 5.74) is 0.344. The minimum atomic E-state index is -2.49. The molecule has 3 rings (SSSR count). The minimum absolute atomic E-state index is 0.183. The fourth-order valence-corrected chi connectivity index (χ4v) is 5.77. The Hall–Kier alpha value is -2.84. The summed E-state index contributed by atoms with van der Waals surface area (Å²) in [6.45, 7) is 25.5. The molecular formula is C35H53NO8Si. The number of anilines is 1. The Morgan fingerprint density at radius 3 is 2.33 bits per heavy atom. The zero-order chi connectivity index (χ0) is 34.1. The third-order valence-corrected chi connectivity index (χ3v) is 12.8. The first-order chi connectivity index (χ1) is 20.5. The van der Waals surface area contributed by atoms with E-state index in [9.17, 15) is 14.7 Å². The molecule has 1 N–H and O–H groups in total. The van der Waals surface area contributed by atoms with Crippen LogP contribution in [-0.4, -0.2) is 67.8 Å². The molecule has 5 atom stereocenters. The molecule has 0 radical (unpaired) electrons. The quantitative estimate of drug-likeness (QED) is 0.159. The summed E-state index contributed by atoms with van der Waals surface area (Å²) in [4.78, 5) is 28.8. The predicted octanol–water partition coefficient (Wildman–Crippen LogP) is 7.21. The number of amides is 1. The average Bonchev–Trinajstić information content (AvgIpc) is 3.19. The van der Waals surface area contributed by atoms with Gasteiger partial charge in [-0.25, -0.2) is 9.59 Å². The molecule has 1 fully saturated rings. The molecule has 1 saturated heterocycles. The van der Waals surface area contributed by atoms with Gasteiger partial charge in [0.05, 0.1) is 5.69 Å². The predicted molar refractivity (Wildman–Crippen MR) is 178 cm³/mol. The van der Waals surface area contributed by atoms with Crippen molar-refractivity contribution < 1.29 is 38.1 Å². The van der Waals surface area contributed by atoms with Crippen LogP contribution in [0.3, 0.4) is 0 Å². The van der Waals surface area contributed by atoms with E-state index < -0.39 is 56.2 Å². The van der Waals surface area contributed by atoms with Crippen molar-refractivity contribution in [2.45, 2.75) is 137 Å². The second kappa shape index (κ2) is 13.5. The third kappa shape index (κ3) is 9.13. The van der Waals surface area contributed by atoms with Crippen molar-refractivity contribution in [1.29, 1.82) is 0 Å². The number of hydrogen-bond donors (Lipinski definition) is 1. The molecule has 1 aromatic rings. The summed E-state index contributed by atoms with van der Waals surface area (Å²) in [5.74, 6) is 4.94. The molecule has 1 amide bonds. The third-order valence-electron chi connectivity index (χ3n) is 8.43. The van der Waals surface area contributed by atoms with E-state index in [1.807, 2.05) is 47.6 Å². The second-order valence-electron chi connectivity index (χ2n) is 14.9. The van der Waals surface area contributed by atoms with Gasteiger partial charge in [0.2, 0.25) is 0 Å². The molecule has 10 heteroatoms. The minimum Gasteiger partial charge on any atom is -0.543 e. The number of nitrogens with zero attached hydrogens (tertiary/aromatic N) is 1. The highest BCUT2D eigenvalue weighted by atomic mass is 28.4. The van der Waals surface area contributed by atoms with Crippen molar-refractivity contribution in [3.05, 3.63) is 35.4 Å². The van der Waals surface area contributed by atoms with Gasteiger partial charge in [-0.2, -0.15) is 0 Å². The summed E-state index contributed by atoms with van der Waals surface area (Å²) in [6.07, 6.45) is 0.564. The molecule has 0 aromatic heterocycles. The Balaban J connectivity index is 2.28. The number of ether oxygens (including phenoxy) is 4. The Bertz CT molecular complexity index is 1340. The lowest BCUT2D eigenvalue weighted by Crippen LogP contribution is -2.44. The number of rotatable bonds is 4. The van der Waals surface area contributed by atoms with Gasteiger partial charge in [-0.1, -0.05) is 51.7 Å². The maximum absolute atomic E-state index is 14.0. The van der Waals surface area contributed by atoms with Crippen molar-refractivity contribution >= 4 is 26.1 Å². The van der Waals surface area contributed by atoms with E-state index in [2.05, 4.69) is 45.7 Å². The SMILES string of the molecule is CCN(C(=O)OC(C)(C)C)c1cc2c(c(O[Si](C)(C)C(C)(C)C)c1)C(=O)O[C@@H](C)[C@H](C)C=C[C@@H](O)[C@H]1OC(C)(C)O[C@H]1CC#C2. The van der Waals surface area contributed by atoms with Gasteiger partial charge in [-0.3, -0.25) is 4.90 Å². The summed E-state index contributed by atoms with van der Waals surface area (Å²) in [7, 11) is -2.49. The van der Waals surface area contributed by atoms with E-state index in [0.29, 0.717) is 23.5 Å². The van der Waals surface area contributed by atoms with Crippen molar-refractivity contribution in [1.82, 2.24) is 0 Å². The first-order valence-corrected chi connectivity index (χ1v) is 18.8. The van der Waals surface area contributed by atoms with Gasteiger partial charge in [0, 0.05) is 30.5 Å². The molecule has 9 nitrogen and oxygen atoms in total. The highest BCUT2D eigenvalue weighted by Crippen LogP contribution is 2.41. The van der Waals surface area contributed by atoms with Crippen LogP contribution in [0.25, 0.3) is 0 Å². The number of fused-ring (bicyclic) bond motifs is 2. The lowest BCUT2D eigenvalue weighted by Gasteiger charge is -2.37. The molecule has 0 saturated carbocycles. The summed E-state index contributed by atoms with van der Waals surface area (Å²) < 4.78 is 30.7. The maximum Gasteiger partial charge on any atom is 0.414 e. The molecular weight excluding hydrogens is 590 g/mol. The Labute approximate surface area is 270 Å². The fraction of sp³-hybridized carbons (Fsp3) is 0.657. The van der Waals surface area contributed by atoms with Gasteiger partial charge in [0.25, 0.3) is 8.32 Å². The molecule has 0 bridgehead atoms. The lowest BCUT2D eigenvalue weighted by molar-refractivity contribution is -0.152. The van der Waals surface area contributed by atoms with Gasteiger partial charge in [-0.05, 0) is 72.7 Å². The summed E-state index contributed by atoms with van der Waals surface area (Å²) in [6, 6.07) is 3.42. The molecule has 2 aliphatic rings. The molecule has 250 valence electrons. The summed E-state index contributed by atoms with van der Waals surface area (Å²) >= 11 is 0. The van der Waals surface area contributed by atoms with Gasteiger partial charge >= 0.3 is 12.1 Å². The zero-order valence-corrected chi connectivity index (χ0v) is 30.4. The Morgan fingerprint density at radius 1 is 1.11 bits per heavy atom. The number of carbonyl (C=O) groups is 2. The van der Waals surface area contributed by atoms with Crippen LogP contribution in [0.1, 0.15) is 98.5 Å². The number of benzene rings is 1. The lowest BCUT2D eigenvalue weighted by atomic mass is 9.99. The van der Waals surface area contributed by atoms with E-state index in [4.69, 9.17) is 23.4 Å². The van der Waals surface area contributed by atoms with Crippen molar-refractivity contribution in [2.24, 2.45) is 5.92 Å². The highest BCUT2D eigenvalue weighted by Gasteiger charge is 2.44. The topological polar surface area (TPSA) is 104 Å². The number of carbonyl (C=O) groups excluding carboxylic acids is 2. The van der Waals surface area contributed by atoms with Crippen LogP contribution in [0, 0.1) is 17.8 Å². The first-order valence-electron chi connectivity index (χ1n) is 15.8. The Kier molecular flexibility index (Phi) is 11.0. The van der Waals surface area contributed by atoms with Crippen molar-refractivity contribution in [3.8, 4) is 17.6 Å². The van der Waals surface area contributed by atoms with Crippen molar-refractivity contribution in [3.63, 3.8) is 0 Å². The number of aliphatic hydroxyl groups is 1. The van der Waals surface area contributed by atoms with Crippen LogP contribution < -0.4 is 9.33 Å². The molecule has 0 aliphatic carbocycles. The van der Waals surface area contributed by atoms with Gasteiger partial charge in [0.1, 0.15) is 41.3 Å². The fourth-order valence-electron chi connectivity index (χ4n) is 4.76. The van der Waals surface area contributed by atoms with Crippen LogP contribution in [0.5, 0.6) is 5.75 Å². The molecule has 0 spiro atoms. The van der Waals surface area contributed by atoms with Crippen LogP contribution in [0.15, 0.2) is 24.3 Å². The monoisotopic (exact) mass is 643 g/mol. The maximum atomic E-state index is 14.0. The Morgan fingerprint density at radius 2 is 1.76 bits per heavy atom. The standard InChI is InChI=1S/C35H53NO8Si/c1-14-36(32(39)43-33(4,5)6)25-20-24-16-15-17-27-30(42-35(10,11)41-27)26(37)19-18-22(2)23(3)40-31(38)29(24)28(21-25)44-45(12,13)34(7,8)9/h18-23,26-27,30,37H,14,17H2,1-13H3/t22-,23+,26-,27+,30-/m1/s1. The van der Waals surface area contributed by atoms with E-state index in [1.54, 1.807) is 32.1 Å². The average molecular weight is 644 g/mol.